The van der Waals surface area contributed by atoms with E-state index in [1.807, 2.05) is 0 Å². The number of nitrogens with zero attached hydrogens (tertiary/aromatic N) is 1. The second-order valence-electron chi connectivity index (χ2n) is 6.03. The van der Waals surface area contributed by atoms with Gasteiger partial charge in [-0.3, -0.25) is 0 Å². The van der Waals surface area contributed by atoms with Gasteiger partial charge in [-0.05, 0) is 50.2 Å². The fraction of sp³-hybridized carbons (Fsp3) is 0.688. The van der Waals surface area contributed by atoms with Gasteiger partial charge in [-0.25, -0.2) is 4.98 Å². The monoisotopic (exact) mass is 246 g/mol. The van der Waals surface area contributed by atoms with Crippen LogP contribution in [0.4, 0.5) is 5.82 Å². The lowest BCUT2D eigenvalue weighted by Gasteiger charge is -2.15. The fourth-order valence-corrected chi connectivity index (χ4v) is 2.66. The second-order valence-corrected chi connectivity index (χ2v) is 6.03. The molecule has 1 unspecified atom stereocenters. The molecule has 1 aromatic heterocycles. The molecule has 2 nitrogen and oxygen atoms in total. The quantitative estimate of drug-likeness (QED) is 0.814. The zero-order chi connectivity index (χ0) is 13.0. The summed E-state index contributed by atoms with van der Waals surface area (Å²) in [4.78, 5) is 4.73. The Morgan fingerprint density at radius 2 is 2.00 bits per heavy atom. The summed E-state index contributed by atoms with van der Waals surface area (Å²) in [5.41, 5.74) is 2.77. The number of aromatic nitrogens is 1. The van der Waals surface area contributed by atoms with E-state index in [2.05, 4.69) is 38.2 Å². The van der Waals surface area contributed by atoms with Crippen molar-refractivity contribution >= 4 is 5.82 Å². The van der Waals surface area contributed by atoms with Crippen molar-refractivity contribution in [3.8, 4) is 0 Å². The predicted molar refractivity (Wildman–Crippen MR) is 78.0 cm³/mol. The average Bonchev–Trinajstić information content (AvgIpc) is 2.75. The molecule has 0 saturated carbocycles. The van der Waals surface area contributed by atoms with Gasteiger partial charge in [-0.1, -0.05) is 32.8 Å². The highest BCUT2D eigenvalue weighted by Gasteiger charge is 2.13. The molecule has 0 fully saturated rings. The summed E-state index contributed by atoms with van der Waals surface area (Å²) in [5, 5.41) is 3.53. The second kappa shape index (κ2) is 6.21. The highest BCUT2D eigenvalue weighted by atomic mass is 15.0. The molecule has 1 heterocycles. The lowest BCUT2D eigenvalue weighted by atomic mass is 10.0. The van der Waals surface area contributed by atoms with Crippen LogP contribution in [0.15, 0.2) is 12.1 Å². The summed E-state index contributed by atoms with van der Waals surface area (Å²) < 4.78 is 0. The van der Waals surface area contributed by atoms with Crippen LogP contribution >= 0.6 is 0 Å². The van der Waals surface area contributed by atoms with Crippen molar-refractivity contribution in [1.82, 2.24) is 4.98 Å². The van der Waals surface area contributed by atoms with Gasteiger partial charge in [0.05, 0.1) is 0 Å². The molecule has 1 aliphatic rings. The average molecular weight is 246 g/mol. The first-order chi connectivity index (χ1) is 8.65. The molecule has 0 bridgehead atoms. The van der Waals surface area contributed by atoms with E-state index in [9.17, 15) is 0 Å². The lowest BCUT2D eigenvalue weighted by Crippen LogP contribution is -2.16. The zero-order valence-corrected chi connectivity index (χ0v) is 12.0. The Bertz CT molecular complexity index is 385. The zero-order valence-electron chi connectivity index (χ0n) is 12.0. The van der Waals surface area contributed by atoms with Gasteiger partial charge in [0.25, 0.3) is 0 Å². The van der Waals surface area contributed by atoms with Crippen molar-refractivity contribution in [3.05, 3.63) is 23.4 Å². The molecular formula is C16H26N2. The number of fused-ring (bicyclic) bond motifs is 1. The number of rotatable bonds is 6. The van der Waals surface area contributed by atoms with Gasteiger partial charge in [-0.2, -0.15) is 0 Å². The molecule has 2 rings (SSSR count). The van der Waals surface area contributed by atoms with Crippen molar-refractivity contribution < 1.29 is 0 Å². The Balaban J connectivity index is 1.82. The first-order valence-corrected chi connectivity index (χ1v) is 7.40. The molecule has 0 aromatic carbocycles. The Kier molecular flexibility index (Phi) is 4.62. The van der Waals surface area contributed by atoms with Gasteiger partial charge in [0, 0.05) is 11.7 Å². The van der Waals surface area contributed by atoms with Crippen molar-refractivity contribution in [2.24, 2.45) is 5.92 Å². The van der Waals surface area contributed by atoms with E-state index in [1.165, 1.54) is 43.4 Å². The van der Waals surface area contributed by atoms with E-state index in [4.69, 9.17) is 4.98 Å². The molecule has 1 aromatic rings. The first kappa shape index (κ1) is 13.4. The van der Waals surface area contributed by atoms with Crippen molar-refractivity contribution in [2.45, 2.75) is 65.3 Å². The van der Waals surface area contributed by atoms with E-state index in [-0.39, 0.29) is 0 Å². The van der Waals surface area contributed by atoms with Crippen LogP contribution in [-0.4, -0.2) is 11.0 Å². The van der Waals surface area contributed by atoms with Crippen LogP contribution in [0.2, 0.25) is 0 Å². The number of aryl methyl sites for hydroxylation is 2. The molecule has 1 atom stereocenters. The third-order valence-corrected chi connectivity index (χ3v) is 3.74. The molecule has 0 spiro atoms. The fourth-order valence-electron chi connectivity index (χ4n) is 2.66. The minimum Gasteiger partial charge on any atom is -0.368 e. The highest BCUT2D eigenvalue weighted by Crippen LogP contribution is 2.22. The molecule has 2 heteroatoms. The third kappa shape index (κ3) is 3.72. The summed E-state index contributed by atoms with van der Waals surface area (Å²) in [6, 6.07) is 4.91. The minimum atomic E-state index is 0.524. The molecule has 0 amide bonds. The largest absolute Gasteiger partial charge is 0.368 e. The Hall–Kier alpha value is -1.05. The predicted octanol–water partition coefficient (Wildman–Crippen LogP) is 4.20. The SMILES string of the molecule is CC(C)CCCC(C)Nc1ccc2c(n1)CCC2. The molecule has 18 heavy (non-hydrogen) atoms. The van der Waals surface area contributed by atoms with E-state index >= 15 is 0 Å². The summed E-state index contributed by atoms with van der Waals surface area (Å²) in [7, 11) is 0. The number of hydrogen-bond acceptors (Lipinski definition) is 2. The minimum absolute atomic E-state index is 0.524. The summed E-state index contributed by atoms with van der Waals surface area (Å²) in [5.74, 6) is 1.88. The molecule has 1 N–H and O–H groups in total. The van der Waals surface area contributed by atoms with Crippen LogP contribution in [-0.2, 0) is 12.8 Å². The lowest BCUT2D eigenvalue weighted by molar-refractivity contribution is 0.520. The van der Waals surface area contributed by atoms with Crippen LogP contribution in [0, 0.1) is 5.92 Å². The van der Waals surface area contributed by atoms with Gasteiger partial charge in [0.2, 0.25) is 0 Å². The van der Waals surface area contributed by atoms with Gasteiger partial charge in [-0.15, -0.1) is 0 Å². The van der Waals surface area contributed by atoms with E-state index in [1.54, 1.807) is 0 Å². The third-order valence-electron chi connectivity index (χ3n) is 3.74. The van der Waals surface area contributed by atoms with Crippen LogP contribution in [0.5, 0.6) is 0 Å². The number of pyridine rings is 1. The molecule has 1 aliphatic carbocycles. The van der Waals surface area contributed by atoms with Gasteiger partial charge >= 0.3 is 0 Å². The number of anilines is 1. The van der Waals surface area contributed by atoms with E-state index in [0.717, 1.165) is 18.2 Å². The van der Waals surface area contributed by atoms with Crippen molar-refractivity contribution in [1.29, 1.82) is 0 Å². The first-order valence-electron chi connectivity index (χ1n) is 7.40. The topological polar surface area (TPSA) is 24.9 Å². The van der Waals surface area contributed by atoms with E-state index in [0.29, 0.717) is 6.04 Å². The standard InChI is InChI=1S/C16H26N2/c1-12(2)6-4-7-13(3)17-16-11-10-14-8-5-9-15(14)18-16/h10-13H,4-9H2,1-3H3,(H,17,18). The Morgan fingerprint density at radius 1 is 1.17 bits per heavy atom. The molecule has 0 aliphatic heterocycles. The van der Waals surface area contributed by atoms with E-state index < -0.39 is 0 Å². The summed E-state index contributed by atoms with van der Waals surface area (Å²) in [6.07, 6.45) is 7.51. The molecular weight excluding hydrogens is 220 g/mol. The van der Waals surface area contributed by atoms with Crippen LogP contribution < -0.4 is 5.32 Å². The number of nitrogens with one attached hydrogen (secondary N) is 1. The molecule has 100 valence electrons. The van der Waals surface area contributed by atoms with Crippen LogP contribution in [0.25, 0.3) is 0 Å². The maximum Gasteiger partial charge on any atom is 0.126 e. The number of hydrogen-bond donors (Lipinski definition) is 1. The van der Waals surface area contributed by atoms with Crippen LogP contribution in [0.3, 0.4) is 0 Å². The maximum absolute atomic E-state index is 4.73. The highest BCUT2D eigenvalue weighted by molar-refractivity contribution is 5.41. The van der Waals surface area contributed by atoms with Gasteiger partial charge in [0.1, 0.15) is 5.82 Å². The summed E-state index contributed by atoms with van der Waals surface area (Å²) in [6.45, 7) is 6.84. The smallest absolute Gasteiger partial charge is 0.126 e. The van der Waals surface area contributed by atoms with Crippen molar-refractivity contribution in [3.63, 3.8) is 0 Å². The maximum atomic E-state index is 4.73. The Labute approximate surface area is 111 Å². The van der Waals surface area contributed by atoms with Crippen molar-refractivity contribution in [2.75, 3.05) is 5.32 Å². The summed E-state index contributed by atoms with van der Waals surface area (Å²) >= 11 is 0. The normalized spacial score (nSPS) is 15.8. The molecule has 0 radical (unpaired) electrons. The van der Waals surface area contributed by atoms with Crippen LogP contribution in [0.1, 0.15) is 57.7 Å². The van der Waals surface area contributed by atoms with Gasteiger partial charge in [0.15, 0.2) is 0 Å². The Morgan fingerprint density at radius 3 is 2.78 bits per heavy atom. The molecule has 0 saturated heterocycles. The van der Waals surface area contributed by atoms with Gasteiger partial charge < -0.3 is 5.32 Å².